The maximum atomic E-state index is 12.3. The van der Waals surface area contributed by atoms with Crippen molar-refractivity contribution in [1.29, 1.82) is 0 Å². The van der Waals surface area contributed by atoms with Crippen LogP contribution >= 0.6 is 11.6 Å². The Balaban J connectivity index is 1.46. The lowest BCUT2D eigenvalue weighted by atomic mass is 10.1. The van der Waals surface area contributed by atoms with Crippen LogP contribution in [0.25, 0.3) is 0 Å². The van der Waals surface area contributed by atoms with E-state index in [9.17, 15) is 9.59 Å². The average molecular weight is 402 g/mol. The zero-order chi connectivity index (χ0) is 19.9. The fourth-order valence-corrected chi connectivity index (χ4v) is 3.42. The highest BCUT2D eigenvalue weighted by molar-refractivity contribution is 6.33. The van der Waals surface area contributed by atoms with E-state index in [4.69, 9.17) is 16.3 Å². The van der Waals surface area contributed by atoms with Crippen LogP contribution in [0, 0.1) is 0 Å². The van der Waals surface area contributed by atoms with Crippen LogP contribution in [-0.2, 0) is 16.1 Å². The molecule has 0 bridgehead atoms. The van der Waals surface area contributed by atoms with Gasteiger partial charge in [-0.05, 0) is 29.8 Å². The van der Waals surface area contributed by atoms with Gasteiger partial charge in [-0.1, -0.05) is 35.9 Å². The molecule has 0 spiro atoms. The number of carbonyl (C=O) groups is 2. The van der Waals surface area contributed by atoms with E-state index in [0.29, 0.717) is 22.8 Å². The Morgan fingerprint density at radius 2 is 1.75 bits per heavy atom. The Labute approximate surface area is 170 Å². The summed E-state index contributed by atoms with van der Waals surface area (Å²) in [7, 11) is 1.39. The standard InChI is InChI=1S/C21H24ClN3O3/c1-28-21(27)17-6-4-5-16(13-17)14-24-9-11-25(12-10-24)15-20(26)23-19-8-3-2-7-18(19)22/h2-8,13H,9-12,14-15H2,1H3,(H,23,26). The van der Waals surface area contributed by atoms with Crippen molar-refractivity contribution in [2.45, 2.75) is 6.54 Å². The van der Waals surface area contributed by atoms with Gasteiger partial charge in [0.25, 0.3) is 0 Å². The van der Waals surface area contributed by atoms with E-state index >= 15 is 0 Å². The molecule has 2 aromatic carbocycles. The number of anilines is 1. The fraction of sp³-hybridized carbons (Fsp3) is 0.333. The summed E-state index contributed by atoms with van der Waals surface area (Å²) in [5.41, 5.74) is 2.28. The van der Waals surface area contributed by atoms with Crippen LogP contribution in [0.2, 0.25) is 5.02 Å². The molecular weight excluding hydrogens is 378 g/mol. The van der Waals surface area contributed by atoms with Gasteiger partial charge in [0.15, 0.2) is 0 Å². The smallest absolute Gasteiger partial charge is 0.337 e. The molecule has 0 saturated carbocycles. The number of piperazine rings is 1. The third-order valence-corrected chi connectivity index (χ3v) is 5.06. The van der Waals surface area contributed by atoms with Crippen molar-refractivity contribution < 1.29 is 14.3 Å². The van der Waals surface area contributed by atoms with Crippen LogP contribution in [0.1, 0.15) is 15.9 Å². The first kappa shape index (κ1) is 20.3. The van der Waals surface area contributed by atoms with Crippen molar-refractivity contribution in [3.63, 3.8) is 0 Å². The Kier molecular flexibility index (Phi) is 7.03. The zero-order valence-electron chi connectivity index (χ0n) is 15.9. The fourth-order valence-electron chi connectivity index (χ4n) is 3.23. The third-order valence-electron chi connectivity index (χ3n) is 4.73. The Hall–Kier alpha value is -2.41. The lowest BCUT2D eigenvalue weighted by Crippen LogP contribution is -2.48. The SMILES string of the molecule is COC(=O)c1cccc(CN2CCN(CC(=O)Nc3ccccc3Cl)CC2)c1. The van der Waals surface area contributed by atoms with Crippen molar-refractivity contribution >= 4 is 29.2 Å². The number of methoxy groups -OCH3 is 1. The lowest BCUT2D eigenvalue weighted by molar-refractivity contribution is -0.117. The van der Waals surface area contributed by atoms with Crippen LogP contribution in [-0.4, -0.2) is 61.5 Å². The Morgan fingerprint density at radius 1 is 1.04 bits per heavy atom. The van der Waals surface area contributed by atoms with E-state index in [0.717, 1.165) is 38.3 Å². The molecule has 1 N–H and O–H groups in total. The van der Waals surface area contributed by atoms with E-state index in [1.807, 2.05) is 30.3 Å². The summed E-state index contributed by atoms with van der Waals surface area (Å²) in [5.74, 6) is -0.386. The van der Waals surface area contributed by atoms with E-state index in [2.05, 4.69) is 15.1 Å². The number of carbonyl (C=O) groups excluding carboxylic acids is 2. The largest absolute Gasteiger partial charge is 0.465 e. The molecule has 0 radical (unpaired) electrons. The second-order valence-electron chi connectivity index (χ2n) is 6.77. The number of esters is 1. The molecule has 2 aromatic rings. The maximum Gasteiger partial charge on any atom is 0.337 e. The minimum atomic E-state index is -0.323. The lowest BCUT2D eigenvalue weighted by Gasteiger charge is -2.34. The number of amides is 1. The molecule has 6 nitrogen and oxygen atoms in total. The summed E-state index contributed by atoms with van der Waals surface area (Å²) < 4.78 is 4.78. The molecule has 1 amide bonds. The molecule has 0 aromatic heterocycles. The first-order valence-electron chi connectivity index (χ1n) is 9.21. The van der Waals surface area contributed by atoms with Gasteiger partial charge >= 0.3 is 5.97 Å². The van der Waals surface area contributed by atoms with Crippen LogP contribution < -0.4 is 5.32 Å². The summed E-state index contributed by atoms with van der Waals surface area (Å²) in [6.07, 6.45) is 0. The van der Waals surface area contributed by atoms with Gasteiger partial charge in [-0.3, -0.25) is 14.6 Å². The van der Waals surface area contributed by atoms with Crippen LogP contribution in [0.3, 0.4) is 0 Å². The van der Waals surface area contributed by atoms with Crippen molar-refractivity contribution in [2.24, 2.45) is 0 Å². The van der Waals surface area contributed by atoms with Crippen molar-refractivity contribution in [3.05, 3.63) is 64.7 Å². The molecular formula is C21H24ClN3O3. The van der Waals surface area contributed by atoms with E-state index in [1.165, 1.54) is 7.11 Å². The zero-order valence-corrected chi connectivity index (χ0v) is 16.6. The maximum absolute atomic E-state index is 12.3. The molecule has 0 unspecified atom stereocenters. The Bertz CT molecular complexity index is 835. The Morgan fingerprint density at radius 3 is 2.46 bits per heavy atom. The number of ether oxygens (including phenoxy) is 1. The summed E-state index contributed by atoms with van der Waals surface area (Å²) >= 11 is 6.08. The molecule has 1 aliphatic rings. The van der Waals surface area contributed by atoms with Crippen LogP contribution in [0.5, 0.6) is 0 Å². The molecule has 7 heteroatoms. The van der Waals surface area contributed by atoms with Crippen molar-refractivity contribution in [2.75, 3.05) is 45.2 Å². The predicted octanol–water partition coefficient (Wildman–Crippen LogP) is 2.88. The normalized spacial score (nSPS) is 15.2. The number of nitrogens with zero attached hydrogens (tertiary/aromatic N) is 2. The van der Waals surface area contributed by atoms with Crippen LogP contribution in [0.4, 0.5) is 5.69 Å². The molecule has 0 atom stereocenters. The quantitative estimate of drug-likeness (QED) is 0.754. The van der Waals surface area contributed by atoms with Crippen molar-refractivity contribution in [3.8, 4) is 0 Å². The average Bonchev–Trinajstić information content (AvgIpc) is 2.71. The van der Waals surface area contributed by atoms with Gasteiger partial charge in [0.1, 0.15) is 0 Å². The topological polar surface area (TPSA) is 61.9 Å². The van der Waals surface area contributed by atoms with Crippen LogP contribution in [0.15, 0.2) is 48.5 Å². The number of hydrogen-bond acceptors (Lipinski definition) is 5. The monoisotopic (exact) mass is 401 g/mol. The van der Waals surface area contributed by atoms with E-state index < -0.39 is 0 Å². The molecule has 1 fully saturated rings. The minimum Gasteiger partial charge on any atom is -0.465 e. The molecule has 0 aliphatic carbocycles. The van der Waals surface area contributed by atoms with Gasteiger partial charge in [0, 0.05) is 32.7 Å². The highest BCUT2D eigenvalue weighted by Crippen LogP contribution is 2.20. The van der Waals surface area contributed by atoms with Gasteiger partial charge in [0.05, 0.1) is 29.9 Å². The van der Waals surface area contributed by atoms with Gasteiger partial charge in [-0.25, -0.2) is 4.79 Å². The molecule has 28 heavy (non-hydrogen) atoms. The first-order chi connectivity index (χ1) is 13.5. The van der Waals surface area contributed by atoms with Gasteiger partial charge in [-0.2, -0.15) is 0 Å². The molecule has 1 saturated heterocycles. The molecule has 3 rings (SSSR count). The molecule has 148 valence electrons. The summed E-state index contributed by atoms with van der Waals surface area (Å²) in [6.45, 7) is 4.46. The number of hydrogen-bond donors (Lipinski definition) is 1. The second-order valence-corrected chi connectivity index (χ2v) is 7.18. The third kappa shape index (κ3) is 5.55. The number of nitrogens with one attached hydrogen (secondary N) is 1. The number of para-hydroxylation sites is 1. The van der Waals surface area contributed by atoms with Gasteiger partial charge in [0.2, 0.25) is 5.91 Å². The number of halogens is 1. The predicted molar refractivity (Wildman–Crippen MR) is 110 cm³/mol. The van der Waals surface area contributed by atoms with Gasteiger partial charge in [-0.15, -0.1) is 0 Å². The summed E-state index contributed by atoms with van der Waals surface area (Å²) in [4.78, 5) is 28.4. The molecule has 1 aliphatic heterocycles. The molecule has 1 heterocycles. The minimum absolute atomic E-state index is 0.0627. The summed E-state index contributed by atoms with van der Waals surface area (Å²) in [6, 6.07) is 14.7. The second kappa shape index (κ2) is 9.68. The highest BCUT2D eigenvalue weighted by atomic mass is 35.5. The van der Waals surface area contributed by atoms with Crippen molar-refractivity contribution in [1.82, 2.24) is 9.80 Å². The number of benzene rings is 2. The summed E-state index contributed by atoms with van der Waals surface area (Å²) in [5, 5.41) is 3.40. The van der Waals surface area contributed by atoms with E-state index in [1.54, 1.807) is 18.2 Å². The highest BCUT2D eigenvalue weighted by Gasteiger charge is 2.19. The first-order valence-corrected chi connectivity index (χ1v) is 9.59. The number of rotatable bonds is 6. The van der Waals surface area contributed by atoms with Gasteiger partial charge < -0.3 is 10.1 Å². The van der Waals surface area contributed by atoms with E-state index in [-0.39, 0.29) is 11.9 Å².